The van der Waals surface area contributed by atoms with Crippen molar-refractivity contribution in [2.45, 2.75) is 24.3 Å². The van der Waals surface area contributed by atoms with E-state index < -0.39 is 44.6 Å². The van der Waals surface area contributed by atoms with Crippen molar-refractivity contribution in [1.29, 1.82) is 0 Å². The number of nitrogens with zero attached hydrogens (tertiary/aromatic N) is 3. The lowest BCUT2D eigenvalue weighted by atomic mass is 9.86. The first-order valence-corrected chi connectivity index (χ1v) is 13.1. The Morgan fingerprint density at radius 2 is 1.95 bits per heavy atom. The largest absolute Gasteiger partial charge is 0.497 e. The first-order chi connectivity index (χ1) is 18.0. The van der Waals surface area contributed by atoms with Gasteiger partial charge in [0.15, 0.2) is 9.84 Å². The Morgan fingerprint density at radius 3 is 2.58 bits per heavy atom. The zero-order valence-corrected chi connectivity index (χ0v) is 21.8. The number of urea groups is 1. The molecule has 2 atom stereocenters. The monoisotopic (exact) mass is 548 g/mol. The maximum absolute atomic E-state index is 12.9. The van der Waals surface area contributed by atoms with Crippen LogP contribution in [0.15, 0.2) is 52.4 Å². The van der Waals surface area contributed by atoms with E-state index in [0.717, 1.165) is 0 Å². The number of carboxylic acids is 1. The van der Waals surface area contributed by atoms with Crippen LogP contribution >= 0.6 is 0 Å². The molecule has 38 heavy (non-hydrogen) atoms. The molecule has 1 heterocycles. The molecular weight excluding hydrogens is 520 g/mol. The van der Waals surface area contributed by atoms with Crippen molar-refractivity contribution in [2.75, 3.05) is 33.2 Å². The Hall–Kier alpha value is -4.04. The number of carboxylic acid groups (broad SMARTS) is 1. The van der Waals surface area contributed by atoms with Gasteiger partial charge < -0.3 is 24.8 Å². The normalized spacial score (nSPS) is 17.6. The molecule has 0 saturated carbocycles. The van der Waals surface area contributed by atoms with Crippen LogP contribution < -0.4 is 14.8 Å². The summed E-state index contributed by atoms with van der Waals surface area (Å²) in [5.41, 5.74) is 0.139. The van der Waals surface area contributed by atoms with E-state index in [-0.39, 0.29) is 47.1 Å². The molecule has 14 heteroatoms. The number of nitro groups is 1. The molecule has 2 aromatic carbocycles. The van der Waals surface area contributed by atoms with Gasteiger partial charge in [-0.15, -0.1) is 0 Å². The smallest absolute Gasteiger partial charge is 0.344 e. The number of carbonyl (C=O) groups is 2. The second kappa shape index (κ2) is 12.0. The zero-order valence-electron chi connectivity index (χ0n) is 21.0. The molecule has 3 rings (SSSR count). The van der Waals surface area contributed by atoms with E-state index in [2.05, 4.69) is 10.3 Å². The van der Waals surface area contributed by atoms with Gasteiger partial charge in [-0.05, 0) is 37.6 Å². The van der Waals surface area contributed by atoms with E-state index in [4.69, 9.17) is 9.47 Å². The highest BCUT2D eigenvalue weighted by molar-refractivity contribution is 7.91. The fourth-order valence-electron chi connectivity index (χ4n) is 4.24. The fourth-order valence-corrected chi connectivity index (χ4v) is 5.56. The summed E-state index contributed by atoms with van der Waals surface area (Å²) >= 11 is 0. The van der Waals surface area contributed by atoms with Crippen LogP contribution in [0.25, 0.3) is 0 Å². The number of carbonyl (C=O) groups excluding carboxylic acids is 1. The Bertz CT molecular complexity index is 1360. The van der Waals surface area contributed by atoms with E-state index in [9.17, 15) is 33.2 Å². The summed E-state index contributed by atoms with van der Waals surface area (Å²) in [7, 11) is -1.03. The van der Waals surface area contributed by atoms with Crippen LogP contribution in [0.3, 0.4) is 0 Å². The number of sulfone groups is 1. The number of benzene rings is 2. The summed E-state index contributed by atoms with van der Waals surface area (Å²) in [5.74, 6) is -2.34. The SMILES string of the molecule is COc1ccc(OC)c(S(=O)(=O)CNCCCN2C(=O)N=C(C)C(C(=O)O)C2c2cccc([N+](=O)[O-])c2)c1. The maximum Gasteiger partial charge on any atom is 0.344 e. The van der Waals surface area contributed by atoms with E-state index in [0.29, 0.717) is 5.75 Å². The molecular formula is C24H28N4O9S. The molecule has 0 aliphatic carbocycles. The first-order valence-electron chi connectivity index (χ1n) is 11.5. The molecule has 204 valence electrons. The molecule has 0 aromatic heterocycles. The predicted octanol–water partition coefficient (Wildman–Crippen LogP) is 2.66. The van der Waals surface area contributed by atoms with Crippen molar-refractivity contribution in [2.24, 2.45) is 10.9 Å². The third-order valence-electron chi connectivity index (χ3n) is 6.06. The molecule has 2 amide bonds. The van der Waals surface area contributed by atoms with Gasteiger partial charge in [0.05, 0.1) is 25.2 Å². The Morgan fingerprint density at radius 1 is 1.21 bits per heavy atom. The minimum atomic E-state index is -3.81. The molecule has 0 spiro atoms. The van der Waals surface area contributed by atoms with Gasteiger partial charge in [-0.2, -0.15) is 0 Å². The molecule has 0 bridgehead atoms. The maximum atomic E-state index is 12.9. The average Bonchev–Trinajstić information content (AvgIpc) is 2.88. The molecule has 2 aromatic rings. The molecule has 1 aliphatic heterocycles. The van der Waals surface area contributed by atoms with Crippen LogP contribution in [0.1, 0.15) is 24.9 Å². The zero-order chi connectivity index (χ0) is 28.0. The van der Waals surface area contributed by atoms with E-state index >= 15 is 0 Å². The standard InChI is InChI=1S/C24H28N4O9S/c1-15-21(23(29)30)22(16-6-4-7-17(12-16)28(32)33)27(24(31)26-15)11-5-10-25-14-38(34,35)20-13-18(36-2)8-9-19(20)37-3/h4,6-9,12-13,21-22,25H,5,10-11,14H2,1-3H3,(H,29,30). The van der Waals surface area contributed by atoms with Crippen molar-refractivity contribution in [3.8, 4) is 11.5 Å². The van der Waals surface area contributed by atoms with E-state index in [1.54, 1.807) is 6.07 Å². The minimum Gasteiger partial charge on any atom is -0.497 e. The van der Waals surface area contributed by atoms with Gasteiger partial charge in [0, 0.05) is 30.5 Å². The number of rotatable bonds is 12. The van der Waals surface area contributed by atoms with Gasteiger partial charge in [-0.1, -0.05) is 12.1 Å². The number of ether oxygens (including phenoxy) is 2. The van der Waals surface area contributed by atoms with Crippen molar-refractivity contribution in [3.05, 3.63) is 58.1 Å². The van der Waals surface area contributed by atoms with Gasteiger partial charge >= 0.3 is 12.0 Å². The van der Waals surface area contributed by atoms with Gasteiger partial charge in [0.2, 0.25) is 0 Å². The number of hydrogen-bond acceptors (Lipinski definition) is 9. The predicted molar refractivity (Wildman–Crippen MR) is 136 cm³/mol. The lowest BCUT2D eigenvalue weighted by molar-refractivity contribution is -0.385. The number of methoxy groups -OCH3 is 2. The summed E-state index contributed by atoms with van der Waals surface area (Å²) in [6, 6.07) is 8.19. The van der Waals surface area contributed by atoms with Crippen molar-refractivity contribution in [3.63, 3.8) is 0 Å². The second-order valence-electron chi connectivity index (χ2n) is 8.47. The third-order valence-corrected chi connectivity index (χ3v) is 7.63. The number of aliphatic carboxylic acids is 1. The Balaban J connectivity index is 1.74. The molecule has 0 radical (unpaired) electrons. The number of nitrogens with one attached hydrogen (secondary N) is 1. The van der Waals surface area contributed by atoms with Gasteiger partial charge in [-0.3, -0.25) is 14.9 Å². The highest BCUT2D eigenvalue weighted by Crippen LogP contribution is 2.36. The minimum absolute atomic E-state index is 0.0300. The topological polar surface area (TPSA) is 178 Å². The summed E-state index contributed by atoms with van der Waals surface area (Å²) in [5, 5.41) is 24.0. The van der Waals surface area contributed by atoms with Crippen LogP contribution in [0.4, 0.5) is 10.5 Å². The van der Waals surface area contributed by atoms with Crippen LogP contribution in [-0.2, 0) is 14.6 Å². The van der Waals surface area contributed by atoms with E-state index in [1.165, 1.54) is 62.4 Å². The second-order valence-corrected chi connectivity index (χ2v) is 10.4. The highest BCUT2D eigenvalue weighted by Gasteiger charge is 2.42. The van der Waals surface area contributed by atoms with Crippen LogP contribution in [0.5, 0.6) is 11.5 Å². The van der Waals surface area contributed by atoms with Crippen LogP contribution in [0.2, 0.25) is 0 Å². The number of hydrogen-bond donors (Lipinski definition) is 2. The number of nitro benzene ring substituents is 1. The Kier molecular flexibility index (Phi) is 9.01. The summed E-state index contributed by atoms with van der Waals surface area (Å²) in [6.45, 7) is 1.62. The summed E-state index contributed by atoms with van der Waals surface area (Å²) in [6.07, 6.45) is 0.253. The van der Waals surface area contributed by atoms with Gasteiger partial charge in [0.1, 0.15) is 28.2 Å². The van der Waals surface area contributed by atoms with Crippen molar-refractivity contribution >= 4 is 33.2 Å². The lowest BCUT2D eigenvalue weighted by Crippen LogP contribution is -2.47. The molecule has 2 N–H and O–H groups in total. The van der Waals surface area contributed by atoms with Crippen LogP contribution in [-0.4, -0.2) is 74.2 Å². The molecule has 1 aliphatic rings. The Labute approximate surface area is 219 Å². The molecule has 13 nitrogen and oxygen atoms in total. The lowest BCUT2D eigenvalue weighted by Gasteiger charge is -2.37. The molecule has 0 fully saturated rings. The quantitative estimate of drug-likeness (QED) is 0.228. The van der Waals surface area contributed by atoms with E-state index in [1.807, 2.05) is 0 Å². The number of non-ortho nitro benzene ring substituents is 1. The molecule has 0 saturated heterocycles. The molecule has 2 unspecified atom stereocenters. The van der Waals surface area contributed by atoms with Crippen molar-refractivity contribution < 1.29 is 37.5 Å². The van der Waals surface area contributed by atoms with Gasteiger partial charge in [0.25, 0.3) is 5.69 Å². The van der Waals surface area contributed by atoms with Crippen LogP contribution in [0, 0.1) is 16.0 Å². The third kappa shape index (κ3) is 6.26. The summed E-state index contributed by atoms with van der Waals surface area (Å²) in [4.78, 5) is 40.6. The fraction of sp³-hybridized carbons (Fsp3) is 0.375. The highest BCUT2D eigenvalue weighted by atomic mass is 32.2. The number of aliphatic imine (C=N–C) groups is 1. The first kappa shape index (κ1) is 28.5. The van der Waals surface area contributed by atoms with Crippen molar-refractivity contribution in [1.82, 2.24) is 10.2 Å². The van der Waals surface area contributed by atoms with Gasteiger partial charge in [-0.25, -0.2) is 18.2 Å². The summed E-state index contributed by atoms with van der Waals surface area (Å²) < 4.78 is 36.0. The number of amides is 2. The average molecular weight is 549 g/mol.